The smallest absolute Gasteiger partial charge is 0.333 e. The minimum atomic E-state index is -1.03. The minimum absolute atomic E-state index is 0.0419. The summed E-state index contributed by atoms with van der Waals surface area (Å²) in [5.74, 6) is -4.99. The van der Waals surface area contributed by atoms with E-state index in [1.807, 2.05) is 0 Å². The van der Waals surface area contributed by atoms with Crippen molar-refractivity contribution in [3.63, 3.8) is 0 Å². The lowest BCUT2D eigenvalue weighted by Gasteiger charge is -2.45. The molecule has 0 spiro atoms. The zero-order valence-electron chi connectivity index (χ0n) is 46.3. The molecule has 11 rings (SSSR count). The van der Waals surface area contributed by atoms with Gasteiger partial charge in [-0.1, -0.05) is 26.3 Å². The molecular weight excluding hydrogens is 1080 g/mol. The Morgan fingerprint density at radius 2 is 0.878 bits per heavy atom. The molecule has 4 saturated heterocycles. The number of fused-ring (bicyclic) bond motifs is 15. The lowest BCUT2D eigenvalue weighted by Crippen LogP contribution is -2.64. The molecule has 11 fully saturated rings. The predicted octanol–water partition coefficient (Wildman–Crippen LogP) is 2.31. The zero-order valence-corrected chi connectivity index (χ0v) is 46.3. The highest BCUT2D eigenvalue weighted by atomic mass is 19.1. The number of aliphatic hydroxyl groups is 1. The first-order chi connectivity index (χ1) is 38.5. The second-order valence-corrected chi connectivity index (χ2v) is 23.4. The number of nitrogens with zero attached hydrogens (tertiary/aromatic N) is 4. The van der Waals surface area contributed by atoms with E-state index in [0.29, 0.717) is 36.5 Å². The molecule has 23 nitrogen and oxygen atoms in total. The van der Waals surface area contributed by atoms with Gasteiger partial charge in [0.2, 0.25) is 23.6 Å². The Morgan fingerprint density at radius 3 is 1.30 bits per heavy atom. The number of rotatable bonds is 13. The Kier molecular flexibility index (Phi) is 17.7. The van der Waals surface area contributed by atoms with Crippen LogP contribution in [0.15, 0.2) is 48.6 Å². The van der Waals surface area contributed by atoms with Gasteiger partial charge in [-0.3, -0.25) is 57.9 Å². The number of halogens is 2. The predicted molar refractivity (Wildman–Crippen MR) is 273 cm³/mol. The van der Waals surface area contributed by atoms with Gasteiger partial charge in [-0.05, 0) is 120 Å². The van der Waals surface area contributed by atoms with E-state index in [1.165, 1.54) is 44.4 Å². The summed E-state index contributed by atoms with van der Waals surface area (Å²) < 4.78 is 50.8. The number of hydrogen-bond acceptors (Lipinski definition) is 19. The topological polar surface area (TPSA) is 301 Å². The van der Waals surface area contributed by atoms with Crippen LogP contribution in [0, 0.1) is 65.1 Å². The summed E-state index contributed by atoms with van der Waals surface area (Å²) in [6.45, 7) is 18.8. The molecule has 1 N–H and O–H groups in total. The summed E-state index contributed by atoms with van der Waals surface area (Å²) in [4.78, 5) is 155. The number of likely N-dealkylation sites (tertiary alicyclic amines) is 4. The number of ether oxygens (including phenoxy) is 5. The van der Waals surface area contributed by atoms with Crippen molar-refractivity contribution in [1.29, 1.82) is 0 Å². The monoisotopic (exact) mass is 1150 g/mol. The first kappa shape index (κ1) is 60.8. The summed E-state index contributed by atoms with van der Waals surface area (Å²) in [5.41, 5.74) is 0.775. The molecule has 0 aromatic carbocycles. The number of alkyl halides is 2. The van der Waals surface area contributed by atoms with Crippen molar-refractivity contribution in [3.05, 3.63) is 48.6 Å². The molecule has 11 aliphatic rings. The molecule has 0 aromatic heterocycles. The van der Waals surface area contributed by atoms with E-state index >= 15 is 0 Å². The number of carbonyl (C=O) groups excluding carboxylic acids is 13. The fourth-order valence-electron chi connectivity index (χ4n) is 14.7. The Labute approximate surface area is 470 Å². The van der Waals surface area contributed by atoms with E-state index in [0.717, 1.165) is 35.5 Å². The molecule has 0 radical (unpaired) electrons. The van der Waals surface area contributed by atoms with Gasteiger partial charge in [-0.25, -0.2) is 32.9 Å². The van der Waals surface area contributed by atoms with Crippen LogP contribution in [-0.4, -0.2) is 171 Å². The van der Waals surface area contributed by atoms with Crippen LogP contribution in [0.4, 0.5) is 8.78 Å². The van der Waals surface area contributed by atoms with Gasteiger partial charge in [-0.2, -0.15) is 0 Å². The number of esters is 5. The SMILES string of the molecule is C=C(C)C(=O)OCC(=O)N1C(=O)C2CC(F)CC21.C=C(C)C(=O)OCC(=O)N1C(=O)C2CC3C4CC(CC4F)C3C21.C=C(C)C(=O)OCC(=O)N1C(=O)C2CC3C4CC(CC4O)C3C21.C=C(C)C(=O)OCC(=O)N1C(=O)CC1OC(C)=O. The number of hydrogen-bond donors (Lipinski definition) is 1. The third-order valence-corrected chi connectivity index (χ3v) is 18.1. The van der Waals surface area contributed by atoms with E-state index < -0.39 is 104 Å². The Morgan fingerprint density at radius 1 is 0.488 bits per heavy atom. The number of β-lactam (4-membered cyclic amide) rings is 4. The second kappa shape index (κ2) is 23.9. The molecule has 4 bridgehead atoms. The van der Waals surface area contributed by atoms with E-state index in [1.54, 1.807) is 0 Å². The second-order valence-electron chi connectivity index (χ2n) is 23.4. The molecule has 0 aromatic rings. The summed E-state index contributed by atoms with van der Waals surface area (Å²) in [6.07, 6.45) is 2.20. The van der Waals surface area contributed by atoms with Gasteiger partial charge >= 0.3 is 29.8 Å². The summed E-state index contributed by atoms with van der Waals surface area (Å²) in [7, 11) is 0. The minimum Gasteiger partial charge on any atom is -0.452 e. The van der Waals surface area contributed by atoms with Gasteiger partial charge < -0.3 is 28.8 Å². The van der Waals surface area contributed by atoms with Crippen LogP contribution < -0.4 is 0 Å². The van der Waals surface area contributed by atoms with Gasteiger partial charge in [0.15, 0.2) is 32.7 Å². The number of aliphatic hydroxyl groups excluding tert-OH is 1. The number of carbonyl (C=O) groups is 13. The third-order valence-electron chi connectivity index (χ3n) is 18.1. The molecule has 18 atom stereocenters. The van der Waals surface area contributed by atoms with Gasteiger partial charge in [0.25, 0.3) is 23.6 Å². The van der Waals surface area contributed by atoms with E-state index in [2.05, 4.69) is 35.8 Å². The van der Waals surface area contributed by atoms with E-state index in [9.17, 15) is 76.2 Å². The highest BCUT2D eigenvalue weighted by Gasteiger charge is 2.70. The quantitative estimate of drug-likeness (QED) is 0.120. The van der Waals surface area contributed by atoms with Gasteiger partial charge in [0.1, 0.15) is 12.3 Å². The summed E-state index contributed by atoms with van der Waals surface area (Å²) in [6, 6.07) is -0.513. The molecule has 82 heavy (non-hydrogen) atoms. The molecule has 7 saturated carbocycles. The van der Waals surface area contributed by atoms with E-state index in [4.69, 9.17) is 14.2 Å². The largest absolute Gasteiger partial charge is 0.452 e. The zero-order chi connectivity index (χ0) is 60.2. The molecule has 18 unspecified atom stereocenters. The van der Waals surface area contributed by atoms with Gasteiger partial charge in [0.05, 0.1) is 48.4 Å². The van der Waals surface area contributed by atoms with Crippen LogP contribution in [0.2, 0.25) is 0 Å². The standard InChI is InChI=1S/C17H20FNO4.C17H21NO5.C12H14FNO4.C11H13NO6/c1-7(2)17(22)23-6-13(20)19-15-11(16(19)21)5-10-9-3-8(14(10)15)4-12(9)18;1-7(2)17(22)23-6-13(20)18-15-11(16(18)21)5-10-9-3-8(14(10)15)4-12(9)19;1-6(2)12(17)18-5-10(15)14-9-4-7(13)3-8(9)11(14)16;1-6(2)11(16)17-5-9(15)12-8(14)4-10(12)18-7(3)13/h8-12,14-15H,1,3-6H2,2H3;8-12,14-15,19H,1,3-6H2,2H3;7-9H,1,3-5H2,2H3;10H,1,4-5H2,2-3H3. The molecule has 7 aliphatic carbocycles. The molecule has 8 amide bonds. The third kappa shape index (κ3) is 11.4. The summed E-state index contributed by atoms with van der Waals surface area (Å²) >= 11 is 0. The van der Waals surface area contributed by atoms with Gasteiger partial charge in [0, 0.05) is 35.6 Å². The highest BCUT2D eigenvalue weighted by molar-refractivity contribution is 6.06. The van der Waals surface area contributed by atoms with Crippen molar-refractivity contribution in [2.24, 2.45) is 65.1 Å². The normalized spacial score (nSPS) is 34.5. The van der Waals surface area contributed by atoms with Crippen molar-refractivity contribution in [3.8, 4) is 0 Å². The maximum Gasteiger partial charge on any atom is 0.333 e. The molecule has 4 heterocycles. The van der Waals surface area contributed by atoms with Crippen molar-refractivity contribution in [1.82, 2.24) is 19.6 Å². The Balaban J connectivity index is 0.000000144. The van der Waals surface area contributed by atoms with Gasteiger partial charge in [-0.15, -0.1) is 0 Å². The maximum atomic E-state index is 13.9. The first-order valence-corrected chi connectivity index (χ1v) is 27.4. The van der Waals surface area contributed by atoms with E-state index in [-0.39, 0.29) is 125 Å². The van der Waals surface area contributed by atoms with Crippen molar-refractivity contribution in [2.75, 3.05) is 26.4 Å². The van der Waals surface area contributed by atoms with Crippen molar-refractivity contribution < 1.29 is 99.9 Å². The molecule has 444 valence electrons. The Hall–Kier alpha value is -7.31. The lowest BCUT2D eigenvalue weighted by molar-refractivity contribution is -0.189. The number of imide groups is 4. The average Bonchev–Trinajstić information content (AvgIpc) is 1.82. The van der Waals surface area contributed by atoms with Crippen LogP contribution in [-0.2, 0) is 86.0 Å². The van der Waals surface area contributed by atoms with Crippen molar-refractivity contribution in [2.45, 2.75) is 135 Å². The fraction of sp³-hybridized carbons (Fsp3) is 0.632. The molecule has 25 heteroatoms. The number of amides is 8. The molecular formula is C57H68F2N4O19. The average molecular weight is 1150 g/mol. The lowest BCUT2D eigenvalue weighted by atomic mass is 9.77. The first-order valence-electron chi connectivity index (χ1n) is 27.4. The maximum absolute atomic E-state index is 13.9. The van der Waals surface area contributed by atoms with Crippen LogP contribution in [0.1, 0.15) is 92.4 Å². The highest BCUT2D eigenvalue weighted by Crippen LogP contribution is 2.65. The van der Waals surface area contributed by atoms with Crippen LogP contribution in [0.3, 0.4) is 0 Å². The van der Waals surface area contributed by atoms with Crippen LogP contribution in [0.25, 0.3) is 0 Å². The molecule has 4 aliphatic heterocycles. The Bertz CT molecular complexity index is 2730. The van der Waals surface area contributed by atoms with Crippen molar-refractivity contribution >= 4 is 77.1 Å². The van der Waals surface area contributed by atoms with Crippen LogP contribution in [0.5, 0.6) is 0 Å². The van der Waals surface area contributed by atoms with Crippen LogP contribution >= 0.6 is 0 Å². The fourth-order valence-corrected chi connectivity index (χ4v) is 14.7. The summed E-state index contributed by atoms with van der Waals surface area (Å²) in [5, 5.41) is 10.1.